The molecule has 0 bridgehead atoms. The summed E-state index contributed by atoms with van der Waals surface area (Å²) in [6.07, 6.45) is 5.61. The Balaban J connectivity index is 1.34. The molecular weight excluding hydrogens is 404 g/mol. The van der Waals surface area contributed by atoms with Gasteiger partial charge in [-0.1, -0.05) is 12.8 Å². The highest BCUT2D eigenvalue weighted by molar-refractivity contribution is 5.96. The van der Waals surface area contributed by atoms with Gasteiger partial charge in [-0.05, 0) is 60.4 Å². The number of amides is 2. The van der Waals surface area contributed by atoms with Crippen LogP contribution in [0.25, 0.3) is 0 Å². The van der Waals surface area contributed by atoms with Gasteiger partial charge in [0.2, 0.25) is 0 Å². The van der Waals surface area contributed by atoms with Crippen molar-refractivity contribution in [2.75, 3.05) is 27.3 Å². The molecule has 0 radical (unpaired) electrons. The summed E-state index contributed by atoms with van der Waals surface area (Å²) in [6, 6.07) is 11.4. The van der Waals surface area contributed by atoms with E-state index in [9.17, 15) is 9.59 Å². The van der Waals surface area contributed by atoms with Gasteiger partial charge in [0.1, 0.15) is 11.5 Å². The Hall–Kier alpha value is -3.02. The van der Waals surface area contributed by atoms with Crippen LogP contribution in [0.2, 0.25) is 0 Å². The van der Waals surface area contributed by atoms with E-state index in [2.05, 4.69) is 0 Å². The third-order valence-electron chi connectivity index (χ3n) is 7.20. The molecule has 2 unspecified atom stereocenters. The maximum atomic E-state index is 13.3. The number of rotatable bonds is 4. The van der Waals surface area contributed by atoms with Crippen molar-refractivity contribution in [3.8, 4) is 11.5 Å². The van der Waals surface area contributed by atoms with Crippen molar-refractivity contribution in [3.05, 3.63) is 58.7 Å². The molecule has 1 aliphatic carbocycles. The van der Waals surface area contributed by atoms with Gasteiger partial charge in [-0.3, -0.25) is 9.59 Å². The molecule has 2 amide bonds. The number of likely N-dealkylation sites (N-methyl/N-ethyl adjacent to an activating group) is 2. The lowest BCUT2D eigenvalue weighted by molar-refractivity contribution is 0.0421. The highest BCUT2D eigenvalue weighted by Gasteiger charge is 2.36. The van der Waals surface area contributed by atoms with E-state index in [1.807, 2.05) is 60.3 Å². The van der Waals surface area contributed by atoms with Crippen LogP contribution in [0.3, 0.4) is 0 Å². The molecule has 2 aromatic carbocycles. The van der Waals surface area contributed by atoms with Crippen molar-refractivity contribution in [2.24, 2.45) is 0 Å². The van der Waals surface area contributed by atoms with Gasteiger partial charge in [-0.25, -0.2) is 0 Å². The van der Waals surface area contributed by atoms with Gasteiger partial charge in [0.15, 0.2) is 0 Å². The van der Waals surface area contributed by atoms with Gasteiger partial charge in [0, 0.05) is 38.1 Å². The van der Waals surface area contributed by atoms with Crippen LogP contribution in [0, 0.1) is 0 Å². The van der Waals surface area contributed by atoms with E-state index in [-0.39, 0.29) is 23.9 Å². The van der Waals surface area contributed by atoms with Gasteiger partial charge < -0.3 is 19.3 Å². The minimum Gasteiger partial charge on any atom is -0.493 e. The summed E-state index contributed by atoms with van der Waals surface area (Å²) in [5.41, 5.74) is 3.57. The van der Waals surface area contributed by atoms with Crippen LogP contribution < -0.4 is 9.47 Å². The average molecular weight is 435 g/mol. The largest absolute Gasteiger partial charge is 0.493 e. The van der Waals surface area contributed by atoms with Gasteiger partial charge in [-0.2, -0.15) is 0 Å². The lowest BCUT2D eigenvalue weighted by Crippen LogP contribution is -2.54. The molecular formula is C26H30N2O4. The molecule has 6 heteroatoms. The van der Waals surface area contributed by atoms with Crippen molar-refractivity contribution >= 4 is 11.8 Å². The molecule has 2 heterocycles. The number of hydrogen-bond donors (Lipinski definition) is 0. The first-order valence-electron chi connectivity index (χ1n) is 11.6. The zero-order valence-electron chi connectivity index (χ0n) is 18.8. The summed E-state index contributed by atoms with van der Waals surface area (Å²) in [7, 11) is 3.75. The molecule has 168 valence electrons. The fourth-order valence-electron chi connectivity index (χ4n) is 5.34. The molecule has 6 nitrogen and oxygen atoms in total. The Bertz CT molecular complexity index is 967. The van der Waals surface area contributed by atoms with Crippen LogP contribution in [0.4, 0.5) is 0 Å². The average Bonchev–Trinajstić information content (AvgIpc) is 3.50. The fourth-order valence-corrected chi connectivity index (χ4v) is 5.34. The Kier molecular flexibility index (Phi) is 5.53. The number of hydrogen-bond acceptors (Lipinski definition) is 4. The summed E-state index contributed by atoms with van der Waals surface area (Å²) in [5, 5.41) is 0. The summed E-state index contributed by atoms with van der Waals surface area (Å²) >= 11 is 0. The van der Waals surface area contributed by atoms with Crippen LogP contribution in [-0.2, 0) is 12.8 Å². The van der Waals surface area contributed by atoms with Crippen LogP contribution in [0.1, 0.15) is 57.5 Å². The zero-order chi connectivity index (χ0) is 22.2. The van der Waals surface area contributed by atoms with Crippen LogP contribution in [0.15, 0.2) is 36.4 Å². The SMILES string of the molecule is CN(C(=O)c1ccc2c(c1)CCO2)C1CCCCC1N(C)C(=O)c1ccc2c(c1)CCO2. The number of ether oxygens (including phenoxy) is 2. The summed E-state index contributed by atoms with van der Waals surface area (Å²) in [4.78, 5) is 30.4. The number of fused-ring (bicyclic) bond motifs is 2. The minimum atomic E-state index is -0.00698. The standard InChI is InChI=1S/C26H30N2O4/c1-27(25(29)19-7-9-23-17(15-19)11-13-31-23)21-5-3-4-6-22(21)28(2)26(30)20-8-10-24-18(16-20)12-14-32-24/h7-10,15-16,21-22H,3-6,11-14H2,1-2H3. The van der Waals surface area contributed by atoms with Crippen LogP contribution >= 0.6 is 0 Å². The first kappa shape index (κ1) is 20.9. The monoisotopic (exact) mass is 434 g/mol. The van der Waals surface area contributed by atoms with Gasteiger partial charge in [0.05, 0.1) is 25.3 Å². The Labute approximate surface area is 189 Å². The fraction of sp³-hybridized carbons (Fsp3) is 0.462. The highest BCUT2D eigenvalue weighted by Crippen LogP contribution is 2.31. The molecule has 3 aliphatic rings. The van der Waals surface area contributed by atoms with Gasteiger partial charge in [-0.15, -0.1) is 0 Å². The van der Waals surface area contributed by atoms with Crippen LogP contribution in [-0.4, -0.2) is 61.0 Å². The van der Waals surface area contributed by atoms with Crippen molar-refractivity contribution in [3.63, 3.8) is 0 Å². The molecule has 2 aliphatic heterocycles. The predicted molar refractivity (Wildman–Crippen MR) is 122 cm³/mol. The Morgan fingerprint density at radius 3 is 1.62 bits per heavy atom. The number of nitrogens with zero attached hydrogens (tertiary/aromatic N) is 2. The summed E-state index contributed by atoms with van der Waals surface area (Å²) in [6.45, 7) is 1.35. The molecule has 1 saturated carbocycles. The van der Waals surface area contributed by atoms with E-state index in [0.29, 0.717) is 24.3 Å². The molecule has 1 fully saturated rings. The maximum Gasteiger partial charge on any atom is 0.253 e. The topological polar surface area (TPSA) is 59.1 Å². The third kappa shape index (κ3) is 3.72. The Morgan fingerprint density at radius 1 is 0.750 bits per heavy atom. The van der Waals surface area contributed by atoms with Crippen LogP contribution in [0.5, 0.6) is 11.5 Å². The van der Waals surface area contributed by atoms with Gasteiger partial charge in [0.25, 0.3) is 11.8 Å². The molecule has 0 N–H and O–H groups in total. The van der Waals surface area contributed by atoms with E-state index < -0.39 is 0 Å². The predicted octanol–water partition coefficient (Wildman–Crippen LogP) is 3.71. The van der Waals surface area contributed by atoms with Crippen molar-refractivity contribution in [2.45, 2.75) is 50.6 Å². The molecule has 2 atom stereocenters. The number of carbonyl (C=O) groups is 2. The second-order valence-corrected chi connectivity index (χ2v) is 9.09. The lowest BCUT2D eigenvalue weighted by atomic mass is 9.87. The zero-order valence-corrected chi connectivity index (χ0v) is 18.8. The van der Waals surface area contributed by atoms with E-state index in [4.69, 9.17) is 9.47 Å². The Morgan fingerprint density at radius 2 is 1.19 bits per heavy atom. The number of benzene rings is 2. The van der Waals surface area contributed by atoms with Gasteiger partial charge >= 0.3 is 0 Å². The first-order valence-corrected chi connectivity index (χ1v) is 11.6. The number of carbonyl (C=O) groups excluding carboxylic acids is 2. The molecule has 0 aromatic heterocycles. The molecule has 0 saturated heterocycles. The van der Waals surface area contributed by atoms with Crippen molar-refractivity contribution in [1.82, 2.24) is 9.80 Å². The summed E-state index contributed by atoms with van der Waals surface area (Å²) in [5.74, 6) is 1.77. The van der Waals surface area contributed by atoms with E-state index in [1.165, 1.54) is 0 Å². The molecule has 0 spiro atoms. The smallest absolute Gasteiger partial charge is 0.253 e. The third-order valence-corrected chi connectivity index (χ3v) is 7.20. The first-order chi connectivity index (χ1) is 15.5. The second-order valence-electron chi connectivity index (χ2n) is 9.09. The van der Waals surface area contributed by atoms with Crippen molar-refractivity contribution < 1.29 is 19.1 Å². The van der Waals surface area contributed by atoms with Crippen molar-refractivity contribution in [1.29, 1.82) is 0 Å². The molecule has 32 heavy (non-hydrogen) atoms. The highest BCUT2D eigenvalue weighted by atomic mass is 16.5. The molecule has 2 aromatic rings. The van der Waals surface area contributed by atoms with E-state index in [0.717, 1.165) is 61.2 Å². The van der Waals surface area contributed by atoms with E-state index in [1.54, 1.807) is 0 Å². The molecule has 5 rings (SSSR count). The quantitative estimate of drug-likeness (QED) is 0.736. The normalized spacial score (nSPS) is 21.2. The maximum absolute atomic E-state index is 13.3. The minimum absolute atomic E-state index is 0.00660. The summed E-state index contributed by atoms with van der Waals surface area (Å²) < 4.78 is 11.2. The second kappa shape index (κ2) is 8.49. The van der Waals surface area contributed by atoms with E-state index >= 15 is 0 Å². The lowest BCUT2D eigenvalue weighted by Gasteiger charge is -2.42.